The van der Waals surface area contributed by atoms with Crippen molar-refractivity contribution in [1.82, 2.24) is 0 Å². The molecule has 0 saturated carbocycles. The topological polar surface area (TPSA) is 139 Å². The first-order valence-corrected chi connectivity index (χ1v) is 14.0. The lowest BCUT2D eigenvalue weighted by Crippen LogP contribution is -2.44. The van der Waals surface area contributed by atoms with Gasteiger partial charge in [0.05, 0.1) is 11.1 Å². The molecule has 0 saturated heterocycles. The second-order valence-electron chi connectivity index (χ2n) is 9.56. The fourth-order valence-corrected chi connectivity index (χ4v) is 6.25. The van der Waals surface area contributed by atoms with Crippen molar-refractivity contribution in [2.24, 2.45) is 10.1 Å². The summed E-state index contributed by atoms with van der Waals surface area (Å²) in [6.07, 6.45) is 6.45. The van der Waals surface area contributed by atoms with Crippen molar-refractivity contribution in [3.8, 4) is 0 Å². The standard InChI is InChI=1S/C28H30FN3O5S/c1-3-5-13-28(14-6-4-2)20-10-9-18(29)16-19(20)25(34)24(26(28)35)27-31-21-11-7-17(8-12-23(30)33)15-22(21)38(36,37)32-27/h7-12,15-16,34H,3-6,13-14H2,1-2H3,(H2,30,33)(H,31,32). The van der Waals surface area contributed by atoms with E-state index >= 15 is 0 Å². The number of nitrogens with two attached hydrogens (primary N) is 1. The summed E-state index contributed by atoms with van der Waals surface area (Å²) in [6.45, 7) is 4.01. The largest absolute Gasteiger partial charge is 0.506 e. The fourth-order valence-electron chi connectivity index (χ4n) is 5.10. The van der Waals surface area contributed by atoms with E-state index in [1.54, 1.807) is 12.1 Å². The number of anilines is 1. The minimum absolute atomic E-state index is 0.150. The molecule has 1 heterocycles. The summed E-state index contributed by atoms with van der Waals surface area (Å²) in [5.74, 6) is -2.54. The van der Waals surface area contributed by atoms with E-state index in [2.05, 4.69) is 9.71 Å². The quantitative estimate of drug-likeness (QED) is 0.383. The molecule has 1 aliphatic carbocycles. The minimum Gasteiger partial charge on any atom is -0.506 e. The van der Waals surface area contributed by atoms with Crippen molar-refractivity contribution in [2.75, 3.05) is 5.32 Å². The number of ketones is 1. The third-order valence-electron chi connectivity index (χ3n) is 6.99. The van der Waals surface area contributed by atoms with Gasteiger partial charge in [0.1, 0.15) is 22.0 Å². The van der Waals surface area contributed by atoms with Crippen LogP contribution in [-0.4, -0.2) is 31.1 Å². The Kier molecular flexibility index (Phi) is 7.55. The maximum atomic E-state index is 14.4. The molecule has 0 unspecified atom stereocenters. The molecule has 4 rings (SSSR count). The number of unbranched alkanes of at least 4 members (excludes halogenated alkanes) is 2. The number of halogens is 1. The molecule has 1 aliphatic heterocycles. The van der Waals surface area contributed by atoms with Gasteiger partial charge in [-0.1, -0.05) is 51.7 Å². The van der Waals surface area contributed by atoms with Crippen LogP contribution in [0.2, 0.25) is 0 Å². The highest BCUT2D eigenvalue weighted by Crippen LogP contribution is 2.47. The highest BCUT2D eigenvalue weighted by Gasteiger charge is 2.49. The number of fused-ring (bicyclic) bond motifs is 2. The summed E-state index contributed by atoms with van der Waals surface area (Å²) in [7, 11) is -4.30. The number of amides is 1. The van der Waals surface area contributed by atoms with E-state index in [1.807, 2.05) is 13.8 Å². The van der Waals surface area contributed by atoms with Crippen molar-refractivity contribution in [1.29, 1.82) is 0 Å². The molecular formula is C28H30FN3O5S. The maximum absolute atomic E-state index is 14.4. The zero-order chi connectivity index (χ0) is 27.7. The van der Waals surface area contributed by atoms with Gasteiger partial charge in [-0.3, -0.25) is 9.59 Å². The number of primary amides is 1. The third-order valence-corrected chi connectivity index (χ3v) is 8.31. The SMILES string of the molecule is CCCCC1(CCCC)C(=O)C(C2=NS(=O)(=O)c3cc(C=CC(N)=O)ccc3N2)=C(O)c2cc(F)ccc21. The molecular weight excluding hydrogens is 509 g/mol. The molecule has 4 N–H and O–H groups in total. The number of nitrogens with zero attached hydrogens (tertiary/aromatic N) is 1. The predicted molar refractivity (Wildman–Crippen MR) is 145 cm³/mol. The molecule has 10 heteroatoms. The van der Waals surface area contributed by atoms with Gasteiger partial charge in [0.25, 0.3) is 10.0 Å². The summed E-state index contributed by atoms with van der Waals surface area (Å²) in [4.78, 5) is 25.2. The van der Waals surface area contributed by atoms with Crippen LogP contribution in [0.15, 0.2) is 57.3 Å². The lowest BCUT2D eigenvalue weighted by atomic mass is 9.63. The molecule has 8 nitrogen and oxygen atoms in total. The summed E-state index contributed by atoms with van der Waals surface area (Å²) in [5, 5.41) is 14.2. The van der Waals surface area contributed by atoms with E-state index in [1.165, 1.54) is 30.3 Å². The first-order chi connectivity index (χ1) is 18.0. The van der Waals surface area contributed by atoms with Gasteiger partial charge >= 0.3 is 0 Å². The lowest BCUT2D eigenvalue weighted by molar-refractivity contribution is -0.121. The van der Waals surface area contributed by atoms with E-state index in [9.17, 15) is 27.5 Å². The van der Waals surface area contributed by atoms with Crippen LogP contribution < -0.4 is 11.1 Å². The van der Waals surface area contributed by atoms with Crippen molar-refractivity contribution >= 4 is 45.1 Å². The molecule has 2 aromatic rings. The molecule has 0 spiro atoms. The van der Waals surface area contributed by atoms with E-state index < -0.39 is 38.7 Å². The minimum atomic E-state index is -4.30. The highest BCUT2D eigenvalue weighted by atomic mass is 32.2. The zero-order valence-corrected chi connectivity index (χ0v) is 22.1. The number of hydrogen-bond donors (Lipinski definition) is 3. The number of benzene rings is 2. The van der Waals surface area contributed by atoms with Gasteiger partial charge in [-0.25, -0.2) is 4.39 Å². The Hall–Kier alpha value is -3.79. The first kappa shape index (κ1) is 27.3. The Morgan fingerprint density at radius 3 is 2.45 bits per heavy atom. The molecule has 0 atom stereocenters. The number of hydrogen-bond acceptors (Lipinski definition) is 6. The van der Waals surface area contributed by atoms with Gasteiger partial charge in [-0.05, 0) is 54.3 Å². The number of carbonyl (C=O) groups is 2. The normalized spacial score (nSPS) is 17.6. The first-order valence-electron chi connectivity index (χ1n) is 12.6. The molecule has 0 fully saturated rings. The molecule has 0 radical (unpaired) electrons. The Balaban J connectivity index is 1.89. The Bertz CT molecular complexity index is 1500. The number of Topliss-reactive ketones (excluding diaryl/α,β-unsaturated/α-hetero) is 1. The average Bonchev–Trinajstić information content (AvgIpc) is 2.87. The van der Waals surface area contributed by atoms with Crippen LogP contribution in [0.5, 0.6) is 0 Å². The van der Waals surface area contributed by atoms with Gasteiger partial charge < -0.3 is 16.2 Å². The fraction of sp³-hybridized carbons (Fsp3) is 0.321. The Morgan fingerprint density at radius 2 is 1.82 bits per heavy atom. The van der Waals surface area contributed by atoms with E-state index in [0.717, 1.165) is 18.9 Å². The number of sulfonamides is 1. The van der Waals surface area contributed by atoms with Crippen LogP contribution in [0.25, 0.3) is 11.8 Å². The van der Waals surface area contributed by atoms with Crippen LogP contribution in [0.4, 0.5) is 10.1 Å². The molecule has 1 amide bonds. The molecule has 0 bridgehead atoms. The number of carbonyl (C=O) groups excluding carboxylic acids is 2. The predicted octanol–water partition coefficient (Wildman–Crippen LogP) is 5.01. The highest BCUT2D eigenvalue weighted by molar-refractivity contribution is 7.90. The summed E-state index contributed by atoms with van der Waals surface area (Å²) < 4.78 is 44.7. The number of aliphatic hydroxyl groups is 1. The average molecular weight is 540 g/mol. The van der Waals surface area contributed by atoms with Gasteiger partial charge in [0.2, 0.25) is 5.91 Å². The molecule has 200 valence electrons. The van der Waals surface area contributed by atoms with Crippen LogP contribution in [0, 0.1) is 5.82 Å². The lowest BCUT2D eigenvalue weighted by Gasteiger charge is -2.39. The third kappa shape index (κ3) is 4.88. The van der Waals surface area contributed by atoms with E-state index in [0.29, 0.717) is 36.8 Å². The molecule has 0 aromatic heterocycles. The number of rotatable bonds is 9. The molecule has 2 aliphatic rings. The van der Waals surface area contributed by atoms with Crippen LogP contribution in [-0.2, 0) is 25.0 Å². The monoisotopic (exact) mass is 539 g/mol. The van der Waals surface area contributed by atoms with Crippen LogP contribution >= 0.6 is 0 Å². The summed E-state index contributed by atoms with van der Waals surface area (Å²) in [5.41, 5.74) is 5.04. The molecule has 2 aromatic carbocycles. The van der Waals surface area contributed by atoms with Gasteiger partial charge in [-0.15, -0.1) is 4.40 Å². The van der Waals surface area contributed by atoms with Gasteiger partial charge in [-0.2, -0.15) is 8.42 Å². The summed E-state index contributed by atoms with van der Waals surface area (Å²) >= 11 is 0. The number of amidine groups is 1. The molecule has 38 heavy (non-hydrogen) atoms. The van der Waals surface area contributed by atoms with Crippen molar-refractivity contribution < 1.29 is 27.5 Å². The van der Waals surface area contributed by atoms with Gasteiger partial charge in [0, 0.05) is 11.6 Å². The zero-order valence-electron chi connectivity index (χ0n) is 21.3. The van der Waals surface area contributed by atoms with E-state index in [-0.39, 0.29) is 27.6 Å². The Labute approximate surface area is 221 Å². The van der Waals surface area contributed by atoms with Crippen molar-refractivity contribution in [3.63, 3.8) is 0 Å². The number of aliphatic hydroxyl groups excluding tert-OH is 1. The van der Waals surface area contributed by atoms with E-state index in [4.69, 9.17) is 5.73 Å². The smallest absolute Gasteiger partial charge is 0.286 e. The summed E-state index contributed by atoms with van der Waals surface area (Å²) in [6, 6.07) is 8.36. The second-order valence-corrected chi connectivity index (χ2v) is 11.1. The van der Waals surface area contributed by atoms with Crippen LogP contribution in [0.3, 0.4) is 0 Å². The Morgan fingerprint density at radius 1 is 1.13 bits per heavy atom. The van der Waals surface area contributed by atoms with Gasteiger partial charge in [0.15, 0.2) is 11.6 Å². The van der Waals surface area contributed by atoms with Crippen molar-refractivity contribution in [3.05, 3.63) is 70.6 Å². The maximum Gasteiger partial charge on any atom is 0.286 e. The number of nitrogens with one attached hydrogen (secondary N) is 1. The van der Waals surface area contributed by atoms with Crippen molar-refractivity contribution in [2.45, 2.75) is 62.7 Å². The second kappa shape index (κ2) is 10.5. The van der Waals surface area contributed by atoms with Crippen LogP contribution in [0.1, 0.15) is 69.1 Å².